The molecule has 2 aromatic rings. The number of carbonyl (C=O) groups is 1. The number of piperidine rings is 1. The Labute approximate surface area is 173 Å². The average Bonchev–Trinajstić information content (AvgIpc) is 2.68. The second kappa shape index (κ2) is 8.72. The monoisotopic (exact) mass is 449 g/mol. The third-order valence-corrected chi connectivity index (χ3v) is 6.28. The van der Waals surface area contributed by atoms with Crippen molar-refractivity contribution in [3.63, 3.8) is 0 Å². The molecule has 0 bridgehead atoms. The minimum absolute atomic E-state index is 0.00358. The molecule has 3 atom stereocenters. The van der Waals surface area contributed by atoms with Gasteiger partial charge in [0.25, 0.3) is 0 Å². The van der Waals surface area contributed by atoms with Crippen molar-refractivity contribution in [2.45, 2.75) is 43.7 Å². The summed E-state index contributed by atoms with van der Waals surface area (Å²) < 4.78 is 14.4. The minimum Gasteiger partial charge on any atom is -0.394 e. The van der Waals surface area contributed by atoms with Crippen LogP contribution in [0, 0.1) is 5.82 Å². The lowest BCUT2D eigenvalue weighted by Gasteiger charge is -2.44. The summed E-state index contributed by atoms with van der Waals surface area (Å²) in [5.74, 6) is -0.342. The molecular formula is C22H25BrFNO3. The van der Waals surface area contributed by atoms with Crippen molar-refractivity contribution in [1.82, 2.24) is 4.90 Å². The summed E-state index contributed by atoms with van der Waals surface area (Å²) in [6.45, 7) is 2.18. The van der Waals surface area contributed by atoms with Gasteiger partial charge in [0.05, 0.1) is 18.8 Å². The zero-order chi connectivity index (χ0) is 20.3. The third kappa shape index (κ3) is 4.45. The molecule has 0 aliphatic carbocycles. The Morgan fingerprint density at radius 3 is 2.39 bits per heavy atom. The van der Waals surface area contributed by atoms with Crippen molar-refractivity contribution in [2.24, 2.45) is 0 Å². The molecule has 2 unspecified atom stereocenters. The van der Waals surface area contributed by atoms with Crippen LogP contribution in [-0.2, 0) is 10.2 Å². The van der Waals surface area contributed by atoms with Gasteiger partial charge in [-0.3, -0.25) is 4.79 Å². The highest BCUT2D eigenvalue weighted by atomic mass is 79.9. The van der Waals surface area contributed by atoms with Crippen LogP contribution in [0.3, 0.4) is 0 Å². The molecule has 6 heteroatoms. The van der Waals surface area contributed by atoms with E-state index in [1.54, 1.807) is 12.1 Å². The van der Waals surface area contributed by atoms with Crippen molar-refractivity contribution in [3.05, 3.63) is 69.9 Å². The predicted octanol–water partition coefficient (Wildman–Crippen LogP) is 3.95. The van der Waals surface area contributed by atoms with Crippen LogP contribution in [0.2, 0.25) is 0 Å². The fourth-order valence-electron chi connectivity index (χ4n) is 4.13. The number of likely N-dealkylation sites (tertiary alicyclic amines) is 1. The number of hydrogen-bond acceptors (Lipinski definition) is 3. The second-order valence-electron chi connectivity index (χ2n) is 7.57. The number of amides is 1. The van der Waals surface area contributed by atoms with Crippen molar-refractivity contribution >= 4 is 21.8 Å². The Balaban J connectivity index is 1.84. The normalized spacial score (nSPS) is 22.2. The van der Waals surface area contributed by atoms with Crippen LogP contribution in [-0.4, -0.2) is 40.3 Å². The number of nitrogens with zero attached hydrogens (tertiary/aromatic N) is 1. The van der Waals surface area contributed by atoms with Crippen LogP contribution < -0.4 is 0 Å². The van der Waals surface area contributed by atoms with E-state index >= 15 is 0 Å². The zero-order valence-electron chi connectivity index (χ0n) is 15.8. The maximum absolute atomic E-state index is 13.4. The average molecular weight is 450 g/mol. The molecule has 1 fully saturated rings. The first-order valence-electron chi connectivity index (χ1n) is 9.44. The molecule has 28 heavy (non-hydrogen) atoms. The number of aliphatic hydroxyl groups excluding tert-OH is 2. The van der Waals surface area contributed by atoms with E-state index in [-0.39, 0.29) is 37.2 Å². The Hall–Kier alpha value is -1.76. The van der Waals surface area contributed by atoms with Gasteiger partial charge < -0.3 is 15.1 Å². The first-order chi connectivity index (χ1) is 13.3. The fourth-order valence-corrected chi connectivity index (χ4v) is 4.39. The van der Waals surface area contributed by atoms with Gasteiger partial charge in [0.2, 0.25) is 5.91 Å². The highest BCUT2D eigenvalue weighted by Crippen LogP contribution is 2.42. The summed E-state index contributed by atoms with van der Waals surface area (Å²) >= 11 is 3.43. The molecule has 4 nitrogen and oxygen atoms in total. The Morgan fingerprint density at radius 2 is 1.82 bits per heavy atom. The number of benzene rings is 2. The largest absolute Gasteiger partial charge is 0.394 e. The molecule has 2 aromatic carbocycles. The van der Waals surface area contributed by atoms with Gasteiger partial charge in [0, 0.05) is 22.9 Å². The number of aliphatic hydroxyl groups is 2. The van der Waals surface area contributed by atoms with Gasteiger partial charge in [-0.1, -0.05) is 40.2 Å². The number of rotatable bonds is 6. The Kier molecular flexibility index (Phi) is 6.53. The van der Waals surface area contributed by atoms with Crippen LogP contribution in [0.15, 0.2) is 53.0 Å². The van der Waals surface area contributed by atoms with Crippen molar-refractivity contribution in [1.29, 1.82) is 0 Å². The number of halogens is 2. The minimum atomic E-state index is -0.923. The van der Waals surface area contributed by atoms with Crippen LogP contribution in [0.4, 0.5) is 4.39 Å². The van der Waals surface area contributed by atoms with E-state index < -0.39 is 11.5 Å². The molecular weight excluding hydrogens is 425 g/mol. The molecule has 0 radical (unpaired) electrons. The van der Waals surface area contributed by atoms with Gasteiger partial charge in [0.15, 0.2) is 0 Å². The molecule has 1 aliphatic rings. The highest BCUT2D eigenvalue weighted by molar-refractivity contribution is 9.10. The van der Waals surface area contributed by atoms with E-state index in [0.29, 0.717) is 13.0 Å². The number of carbonyl (C=O) groups excluding carboxylic acids is 1. The predicted molar refractivity (Wildman–Crippen MR) is 109 cm³/mol. The summed E-state index contributed by atoms with van der Waals surface area (Å²) in [6, 6.07) is 14.0. The van der Waals surface area contributed by atoms with E-state index in [2.05, 4.69) is 15.9 Å². The van der Waals surface area contributed by atoms with E-state index in [0.717, 1.165) is 15.6 Å². The van der Waals surface area contributed by atoms with Gasteiger partial charge in [-0.25, -0.2) is 4.39 Å². The SMILES string of the molecule is C[C@@H](c1ccc(Br)cc1)N1CCC(CC(O)CO)(c2ccc(F)cc2)CC1=O. The smallest absolute Gasteiger partial charge is 0.223 e. The van der Waals surface area contributed by atoms with Crippen LogP contribution in [0.1, 0.15) is 43.4 Å². The third-order valence-electron chi connectivity index (χ3n) is 5.75. The van der Waals surface area contributed by atoms with Gasteiger partial charge in [-0.2, -0.15) is 0 Å². The standard InChI is InChI=1S/C22H25BrFNO3/c1-15(16-2-6-18(23)7-3-16)25-11-10-22(13-21(25)28,12-20(27)14-26)17-4-8-19(24)9-5-17/h2-9,15,20,26-27H,10-14H2,1H3/t15-,20?,22?/m0/s1. The van der Waals surface area contributed by atoms with E-state index in [4.69, 9.17) is 0 Å². The van der Waals surface area contributed by atoms with E-state index in [9.17, 15) is 19.4 Å². The fraction of sp³-hybridized carbons (Fsp3) is 0.409. The number of hydrogen-bond donors (Lipinski definition) is 2. The van der Waals surface area contributed by atoms with Crippen molar-refractivity contribution < 1.29 is 19.4 Å². The lowest BCUT2D eigenvalue weighted by molar-refractivity contribution is -0.139. The quantitative estimate of drug-likeness (QED) is 0.701. The van der Waals surface area contributed by atoms with Crippen LogP contribution >= 0.6 is 15.9 Å². The Morgan fingerprint density at radius 1 is 1.18 bits per heavy atom. The molecule has 150 valence electrons. The van der Waals surface area contributed by atoms with Gasteiger partial charge in [-0.15, -0.1) is 0 Å². The van der Waals surface area contributed by atoms with Crippen LogP contribution in [0.5, 0.6) is 0 Å². The van der Waals surface area contributed by atoms with Crippen molar-refractivity contribution in [2.75, 3.05) is 13.2 Å². The molecule has 2 N–H and O–H groups in total. The maximum Gasteiger partial charge on any atom is 0.223 e. The highest BCUT2D eigenvalue weighted by Gasteiger charge is 2.42. The van der Waals surface area contributed by atoms with E-state index in [1.807, 2.05) is 36.1 Å². The molecule has 1 amide bonds. The molecule has 3 rings (SSSR count). The first-order valence-corrected chi connectivity index (χ1v) is 10.2. The topological polar surface area (TPSA) is 60.8 Å². The lowest BCUT2D eigenvalue weighted by atomic mass is 9.68. The lowest BCUT2D eigenvalue weighted by Crippen LogP contribution is -2.48. The summed E-state index contributed by atoms with van der Waals surface area (Å²) in [5, 5.41) is 19.4. The second-order valence-corrected chi connectivity index (χ2v) is 8.48. The maximum atomic E-state index is 13.4. The molecule has 1 saturated heterocycles. The summed E-state index contributed by atoms with van der Waals surface area (Å²) in [4.78, 5) is 15.0. The summed E-state index contributed by atoms with van der Waals surface area (Å²) in [7, 11) is 0. The summed E-state index contributed by atoms with van der Waals surface area (Å²) in [6.07, 6.45) is 0.202. The Bertz CT molecular complexity index is 812. The zero-order valence-corrected chi connectivity index (χ0v) is 17.4. The van der Waals surface area contributed by atoms with Gasteiger partial charge in [-0.05, 0) is 55.2 Å². The first kappa shape index (κ1) is 21.0. The molecule has 0 aromatic heterocycles. The van der Waals surface area contributed by atoms with Crippen molar-refractivity contribution in [3.8, 4) is 0 Å². The summed E-state index contributed by atoms with van der Waals surface area (Å²) in [5.41, 5.74) is 1.27. The molecule has 0 saturated carbocycles. The van der Waals surface area contributed by atoms with Crippen LogP contribution in [0.25, 0.3) is 0 Å². The molecule has 1 heterocycles. The van der Waals surface area contributed by atoms with E-state index in [1.165, 1.54) is 12.1 Å². The van der Waals surface area contributed by atoms with Gasteiger partial charge in [0.1, 0.15) is 5.82 Å². The van der Waals surface area contributed by atoms with Gasteiger partial charge >= 0.3 is 0 Å². The molecule has 0 spiro atoms. The molecule has 1 aliphatic heterocycles.